The number of carbonyl (C=O) groups excluding carboxylic acids is 1. The standard InChI is InChI=1S/C16H22N2O2S/c1-10-8-13(15(17)21)9-11(2)14(10)20-12(3)16(19)18-6-4-5-7-18/h8-9,12H,4-7H2,1-3H3,(H2,17,21). The maximum absolute atomic E-state index is 12.3. The van der Waals surface area contributed by atoms with Crippen molar-refractivity contribution in [3.8, 4) is 5.75 Å². The van der Waals surface area contributed by atoms with Crippen molar-refractivity contribution in [2.24, 2.45) is 5.73 Å². The fraction of sp³-hybridized carbons (Fsp3) is 0.500. The average molecular weight is 306 g/mol. The van der Waals surface area contributed by atoms with Gasteiger partial charge in [0.25, 0.3) is 5.91 Å². The van der Waals surface area contributed by atoms with E-state index in [1.165, 1.54) is 0 Å². The summed E-state index contributed by atoms with van der Waals surface area (Å²) in [4.78, 5) is 14.6. The van der Waals surface area contributed by atoms with Gasteiger partial charge in [-0.2, -0.15) is 0 Å². The molecule has 5 heteroatoms. The average Bonchev–Trinajstić information content (AvgIpc) is 2.95. The van der Waals surface area contributed by atoms with E-state index in [-0.39, 0.29) is 5.91 Å². The van der Waals surface area contributed by atoms with Gasteiger partial charge in [0, 0.05) is 18.7 Å². The molecule has 1 fully saturated rings. The molecule has 1 aromatic carbocycles. The number of aryl methyl sites for hydroxylation is 2. The summed E-state index contributed by atoms with van der Waals surface area (Å²) >= 11 is 5.00. The fourth-order valence-corrected chi connectivity index (χ4v) is 2.82. The van der Waals surface area contributed by atoms with Crippen molar-refractivity contribution in [3.63, 3.8) is 0 Å². The number of carbonyl (C=O) groups is 1. The van der Waals surface area contributed by atoms with E-state index >= 15 is 0 Å². The molecule has 114 valence electrons. The minimum absolute atomic E-state index is 0.0599. The molecule has 0 spiro atoms. The van der Waals surface area contributed by atoms with Gasteiger partial charge >= 0.3 is 0 Å². The molecule has 1 unspecified atom stereocenters. The van der Waals surface area contributed by atoms with Crippen LogP contribution in [0.1, 0.15) is 36.5 Å². The Morgan fingerprint density at radius 2 is 1.81 bits per heavy atom. The zero-order valence-electron chi connectivity index (χ0n) is 12.8. The Kier molecular flexibility index (Phi) is 4.83. The van der Waals surface area contributed by atoms with Crippen LogP contribution in [-0.4, -0.2) is 35.0 Å². The van der Waals surface area contributed by atoms with Crippen LogP contribution in [0.4, 0.5) is 0 Å². The van der Waals surface area contributed by atoms with Crippen molar-refractivity contribution in [2.45, 2.75) is 39.7 Å². The highest BCUT2D eigenvalue weighted by molar-refractivity contribution is 7.80. The van der Waals surface area contributed by atoms with Crippen LogP contribution in [0, 0.1) is 13.8 Å². The van der Waals surface area contributed by atoms with Crippen molar-refractivity contribution < 1.29 is 9.53 Å². The molecule has 0 bridgehead atoms. The Bertz CT molecular complexity index is 542. The molecule has 1 saturated heterocycles. The van der Waals surface area contributed by atoms with E-state index in [2.05, 4.69) is 0 Å². The second-order valence-corrected chi connectivity index (χ2v) is 6.04. The van der Waals surface area contributed by atoms with Crippen LogP contribution in [0.3, 0.4) is 0 Å². The molecule has 0 aliphatic carbocycles. The summed E-state index contributed by atoms with van der Waals surface area (Å²) in [6, 6.07) is 3.80. The summed E-state index contributed by atoms with van der Waals surface area (Å²) < 4.78 is 5.91. The van der Waals surface area contributed by atoms with E-state index in [1.807, 2.05) is 30.9 Å². The Labute approximate surface area is 131 Å². The maximum atomic E-state index is 12.3. The highest BCUT2D eigenvalue weighted by atomic mass is 32.1. The summed E-state index contributed by atoms with van der Waals surface area (Å²) in [5, 5.41) is 0. The molecule has 0 saturated carbocycles. The normalized spacial score (nSPS) is 15.9. The van der Waals surface area contributed by atoms with Crippen LogP contribution in [0.25, 0.3) is 0 Å². The first-order chi connectivity index (χ1) is 9.90. The third-order valence-corrected chi connectivity index (χ3v) is 4.04. The van der Waals surface area contributed by atoms with Crippen molar-refractivity contribution in [1.29, 1.82) is 0 Å². The zero-order chi connectivity index (χ0) is 15.6. The first-order valence-electron chi connectivity index (χ1n) is 7.26. The Hall–Kier alpha value is -1.62. The van der Waals surface area contributed by atoms with Crippen LogP contribution in [-0.2, 0) is 4.79 Å². The van der Waals surface area contributed by atoms with Crippen LogP contribution in [0.15, 0.2) is 12.1 Å². The zero-order valence-corrected chi connectivity index (χ0v) is 13.6. The second kappa shape index (κ2) is 6.43. The van der Waals surface area contributed by atoms with Gasteiger partial charge < -0.3 is 15.4 Å². The molecule has 1 atom stereocenters. The first kappa shape index (κ1) is 15.8. The SMILES string of the molecule is Cc1cc(C(N)=S)cc(C)c1OC(C)C(=O)N1CCCC1. The van der Waals surface area contributed by atoms with Gasteiger partial charge in [0.1, 0.15) is 10.7 Å². The summed E-state index contributed by atoms with van der Waals surface area (Å²) in [5.41, 5.74) is 8.38. The van der Waals surface area contributed by atoms with Gasteiger partial charge in [-0.25, -0.2) is 0 Å². The highest BCUT2D eigenvalue weighted by Crippen LogP contribution is 2.26. The lowest BCUT2D eigenvalue weighted by molar-refractivity contribution is -0.136. The number of benzene rings is 1. The van der Waals surface area contributed by atoms with E-state index in [0.717, 1.165) is 48.4 Å². The Morgan fingerprint density at radius 3 is 2.29 bits per heavy atom. The number of nitrogens with zero attached hydrogens (tertiary/aromatic N) is 1. The Morgan fingerprint density at radius 1 is 1.29 bits per heavy atom. The number of ether oxygens (including phenoxy) is 1. The lowest BCUT2D eigenvalue weighted by Gasteiger charge is -2.23. The minimum atomic E-state index is -0.476. The molecule has 1 aromatic rings. The highest BCUT2D eigenvalue weighted by Gasteiger charge is 2.25. The number of likely N-dealkylation sites (tertiary alicyclic amines) is 1. The first-order valence-corrected chi connectivity index (χ1v) is 7.67. The number of amides is 1. The molecule has 2 rings (SSSR count). The number of hydrogen-bond donors (Lipinski definition) is 1. The molecule has 1 aliphatic rings. The maximum Gasteiger partial charge on any atom is 0.263 e. The van der Waals surface area contributed by atoms with Crippen molar-refractivity contribution in [3.05, 3.63) is 28.8 Å². The smallest absolute Gasteiger partial charge is 0.263 e. The van der Waals surface area contributed by atoms with Gasteiger partial charge in [-0.1, -0.05) is 12.2 Å². The largest absolute Gasteiger partial charge is 0.480 e. The van der Waals surface area contributed by atoms with Gasteiger partial charge in [-0.15, -0.1) is 0 Å². The van der Waals surface area contributed by atoms with E-state index in [9.17, 15) is 4.79 Å². The lowest BCUT2D eigenvalue weighted by Crippen LogP contribution is -2.38. The Balaban J connectivity index is 2.15. The lowest BCUT2D eigenvalue weighted by atomic mass is 10.1. The molecule has 0 aromatic heterocycles. The summed E-state index contributed by atoms with van der Waals surface area (Å²) in [7, 11) is 0. The molecular formula is C16H22N2O2S. The molecule has 21 heavy (non-hydrogen) atoms. The van der Waals surface area contributed by atoms with Crippen LogP contribution in [0.2, 0.25) is 0 Å². The predicted molar refractivity (Wildman–Crippen MR) is 87.7 cm³/mol. The fourth-order valence-electron chi connectivity index (χ4n) is 2.70. The van der Waals surface area contributed by atoms with Crippen LogP contribution >= 0.6 is 12.2 Å². The van der Waals surface area contributed by atoms with E-state index in [4.69, 9.17) is 22.7 Å². The number of hydrogen-bond acceptors (Lipinski definition) is 3. The van der Waals surface area contributed by atoms with Gasteiger partial charge in [0.05, 0.1) is 0 Å². The molecule has 1 amide bonds. The third kappa shape index (κ3) is 3.53. The monoisotopic (exact) mass is 306 g/mol. The van der Waals surface area contributed by atoms with E-state index in [1.54, 1.807) is 6.92 Å². The topological polar surface area (TPSA) is 55.6 Å². The van der Waals surface area contributed by atoms with Crippen LogP contribution < -0.4 is 10.5 Å². The molecular weight excluding hydrogens is 284 g/mol. The molecule has 0 radical (unpaired) electrons. The van der Waals surface area contributed by atoms with Crippen molar-refractivity contribution >= 4 is 23.1 Å². The van der Waals surface area contributed by atoms with Gasteiger partial charge in [-0.3, -0.25) is 4.79 Å². The van der Waals surface area contributed by atoms with Gasteiger partial charge in [0.15, 0.2) is 6.10 Å². The number of rotatable bonds is 4. The van der Waals surface area contributed by atoms with Crippen molar-refractivity contribution in [2.75, 3.05) is 13.1 Å². The third-order valence-electron chi connectivity index (χ3n) is 3.80. The van der Waals surface area contributed by atoms with Crippen LogP contribution in [0.5, 0.6) is 5.75 Å². The second-order valence-electron chi connectivity index (χ2n) is 5.60. The van der Waals surface area contributed by atoms with Gasteiger partial charge in [-0.05, 0) is 56.9 Å². The van der Waals surface area contributed by atoms with E-state index in [0.29, 0.717) is 4.99 Å². The van der Waals surface area contributed by atoms with E-state index < -0.39 is 6.10 Å². The molecule has 1 heterocycles. The summed E-state index contributed by atoms with van der Waals surface area (Å²) in [6.07, 6.45) is 1.69. The predicted octanol–water partition coefficient (Wildman–Crippen LogP) is 2.33. The van der Waals surface area contributed by atoms with Gasteiger partial charge in [0.2, 0.25) is 0 Å². The number of thiocarbonyl (C=S) groups is 1. The summed E-state index contributed by atoms with van der Waals surface area (Å²) in [6.45, 7) is 7.37. The quantitative estimate of drug-likeness (QED) is 0.868. The summed E-state index contributed by atoms with van der Waals surface area (Å²) in [5.74, 6) is 0.805. The minimum Gasteiger partial charge on any atom is -0.480 e. The molecule has 1 aliphatic heterocycles. The molecule has 2 N–H and O–H groups in total. The molecule has 4 nitrogen and oxygen atoms in total. The number of nitrogens with two attached hydrogens (primary N) is 1. The van der Waals surface area contributed by atoms with Crippen molar-refractivity contribution in [1.82, 2.24) is 4.90 Å².